The molecule has 5 N–H and O–H groups in total. The Morgan fingerprint density at radius 3 is 2.29 bits per heavy atom. The summed E-state index contributed by atoms with van der Waals surface area (Å²) in [5.74, 6) is -0.387. The van der Waals surface area contributed by atoms with Crippen LogP contribution in [0.25, 0.3) is 10.4 Å². The van der Waals surface area contributed by atoms with Crippen molar-refractivity contribution in [2.24, 2.45) is 5.41 Å². The number of aliphatic hydroxyl groups is 1. The second-order valence-electron chi connectivity index (χ2n) is 21.1. The highest BCUT2D eigenvalue weighted by molar-refractivity contribution is 7.92. The van der Waals surface area contributed by atoms with Crippen LogP contribution in [0.4, 0.5) is 23.1 Å². The summed E-state index contributed by atoms with van der Waals surface area (Å²) >= 11 is 8.09. The molecule has 0 radical (unpaired) electrons. The predicted molar refractivity (Wildman–Crippen MR) is 295 cm³/mol. The number of hydrogen-bond acceptors (Lipinski definition) is 15. The first-order valence-corrected chi connectivity index (χ1v) is 28.4. The molecule has 2 aliphatic rings. The van der Waals surface area contributed by atoms with E-state index in [1.54, 1.807) is 54.3 Å². The molecule has 4 heterocycles. The number of rotatable bonds is 20. The molecular formula is C55H70ClN9O9S2. The van der Waals surface area contributed by atoms with E-state index in [0.717, 1.165) is 32.8 Å². The number of hydrogen-bond donors (Lipinski definition) is 5. The molecule has 0 unspecified atom stereocenters. The molecule has 2 saturated heterocycles. The summed E-state index contributed by atoms with van der Waals surface area (Å²) < 4.78 is 38.2. The second kappa shape index (κ2) is 24.9. The summed E-state index contributed by atoms with van der Waals surface area (Å²) in [7, 11) is -3.62. The van der Waals surface area contributed by atoms with Crippen LogP contribution >= 0.6 is 22.9 Å². The number of amides is 4. The zero-order valence-corrected chi connectivity index (χ0v) is 47.0. The Labute approximate surface area is 454 Å². The third-order valence-electron chi connectivity index (χ3n) is 13.5. The topological polar surface area (TPSA) is 234 Å². The summed E-state index contributed by atoms with van der Waals surface area (Å²) in [5, 5.41) is 22.3. The van der Waals surface area contributed by atoms with Gasteiger partial charge < -0.3 is 45.6 Å². The average Bonchev–Trinajstić information content (AvgIpc) is 3.98. The lowest BCUT2D eigenvalue weighted by Gasteiger charge is -2.35. The van der Waals surface area contributed by atoms with Crippen molar-refractivity contribution >= 4 is 79.5 Å². The molecule has 18 nitrogen and oxygen atoms in total. The SMILES string of the molecule is Cc1cc(Nc2ncc(Cl)c(Nc3ccccc3S(=O)(=O)C(C)C)n2)c(OC(C)C)cc1C1CCN(C(=O)COCC(=O)N[C@H](C(=O)N2C[C@H](O)C[C@H]2CC(=O)NCc2ccc(-c3scnc3C)cc2)C(C)(C)C)CC1. The van der Waals surface area contributed by atoms with Crippen molar-refractivity contribution in [1.29, 1.82) is 0 Å². The van der Waals surface area contributed by atoms with Crippen molar-refractivity contribution in [2.45, 2.75) is 135 Å². The minimum absolute atomic E-state index is 0.0125. The van der Waals surface area contributed by atoms with E-state index in [2.05, 4.69) is 36.2 Å². The van der Waals surface area contributed by atoms with E-state index in [9.17, 15) is 32.7 Å². The summed E-state index contributed by atoms with van der Waals surface area (Å²) in [4.78, 5) is 71.8. The summed E-state index contributed by atoms with van der Waals surface area (Å²) in [6.45, 7) is 17.1. The predicted octanol–water partition coefficient (Wildman–Crippen LogP) is 8.25. The number of ether oxygens (including phenoxy) is 2. The molecule has 2 aliphatic heterocycles. The number of nitrogens with one attached hydrogen (secondary N) is 4. The van der Waals surface area contributed by atoms with E-state index in [-0.39, 0.29) is 71.5 Å². The van der Waals surface area contributed by atoms with E-state index in [1.165, 1.54) is 11.1 Å². The maximum absolute atomic E-state index is 14.1. The minimum Gasteiger partial charge on any atom is -0.489 e. The van der Waals surface area contributed by atoms with Crippen molar-refractivity contribution in [3.8, 4) is 16.2 Å². The van der Waals surface area contributed by atoms with Crippen LogP contribution in [0.5, 0.6) is 5.75 Å². The zero-order valence-electron chi connectivity index (χ0n) is 44.6. The number of halogens is 1. The first-order valence-electron chi connectivity index (χ1n) is 25.6. The smallest absolute Gasteiger partial charge is 0.248 e. The van der Waals surface area contributed by atoms with Gasteiger partial charge >= 0.3 is 0 Å². The zero-order chi connectivity index (χ0) is 55.1. The van der Waals surface area contributed by atoms with Gasteiger partial charge in [-0.1, -0.05) is 68.8 Å². The molecule has 21 heteroatoms. The van der Waals surface area contributed by atoms with Gasteiger partial charge in [0.15, 0.2) is 15.7 Å². The van der Waals surface area contributed by atoms with Crippen LogP contribution in [0.1, 0.15) is 102 Å². The first kappa shape index (κ1) is 57.5. The lowest BCUT2D eigenvalue weighted by atomic mass is 9.85. The van der Waals surface area contributed by atoms with Crippen molar-refractivity contribution in [3.63, 3.8) is 0 Å². The lowest BCUT2D eigenvalue weighted by molar-refractivity contribution is -0.144. The van der Waals surface area contributed by atoms with Crippen LogP contribution in [-0.2, 0) is 40.3 Å². The number of aromatic nitrogens is 3. The number of nitrogens with zero attached hydrogens (tertiary/aromatic N) is 5. The summed E-state index contributed by atoms with van der Waals surface area (Å²) in [6.07, 6.45) is 2.00. The molecule has 0 spiro atoms. The third kappa shape index (κ3) is 14.4. The van der Waals surface area contributed by atoms with Crippen LogP contribution in [0.2, 0.25) is 5.02 Å². The van der Waals surface area contributed by atoms with Gasteiger partial charge in [0, 0.05) is 38.6 Å². The van der Waals surface area contributed by atoms with Crippen LogP contribution in [0.15, 0.2) is 77.3 Å². The number of carbonyl (C=O) groups excluding carboxylic acids is 4. The number of para-hydroxylation sites is 1. The van der Waals surface area contributed by atoms with Crippen LogP contribution in [0, 0.1) is 19.3 Å². The van der Waals surface area contributed by atoms with Crippen molar-refractivity contribution in [1.82, 2.24) is 35.4 Å². The normalized spacial score (nSPS) is 16.7. The number of benzene rings is 3. The Morgan fingerprint density at radius 1 is 0.921 bits per heavy atom. The van der Waals surface area contributed by atoms with Gasteiger partial charge in [0.05, 0.1) is 56.0 Å². The number of sulfone groups is 1. The Hall–Kier alpha value is -6.19. The number of aliphatic hydroxyl groups excluding tert-OH is 1. The number of β-amino-alcohol motifs (C(OH)–C–C–N with tert-alkyl or cyclic N) is 1. The quantitative estimate of drug-likeness (QED) is 0.0494. The number of anilines is 4. The van der Waals surface area contributed by atoms with Gasteiger partial charge in [0.2, 0.25) is 29.6 Å². The highest BCUT2D eigenvalue weighted by atomic mass is 35.5. The first-order chi connectivity index (χ1) is 36.0. The average molecular weight is 1100 g/mol. The number of carbonyl (C=O) groups is 4. The van der Waals surface area contributed by atoms with Gasteiger partial charge in [-0.25, -0.2) is 18.4 Å². The van der Waals surface area contributed by atoms with Crippen LogP contribution in [0.3, 0.4) is 0 Å². The van der Waals surface area contributed by atoms with E-state index >= 15 is 0 Å². The van der Waals surface area contributed by atoms with E-state index in [1.807, 2.05) is 90.4 Å². The number of likely N-dealkylation sites (tertiary alicyclic amines) is 2. The minimum atomic E-state index is -3.62. The molecule has 408 valence electrons. The van der Waals surface area contributed by atoms with Crippen molar-refractivity contribution < 1.29 is 42.2 Å². The van der Waals surface area contributed by atoms with Gasteiger partial charge in [0.1, 0.15) is 30.0 Å². The molecule has 0 aliphatic carbocycles. The maximum Gasteiger partial charge on any atom is 0.248 e. The van der Waals surface area contributed by atoms with Gasteiger partial charge in [-0.2, -0.15) is 4.98 Å². The number of aryl methyl sites for hydroxylation is 2. The van der Waals surface area contributed by atoms with Gasteiger partial charge in [0.25, 0.3) is 0 Å². The molecule has 7 rings (SSSR count). The van der Waals surface area contributed by atoms with Crippen molar-refractivity contribution in [2.75, 3.05) is 43.5 Å². The van der Waals surface area contributed by atoms with Gasteiger partial charge in [-0.3, -0.25) is 19.2 Å². The standard InChI is InChI=1S/C55H70ClN9O9S2/c1-32(2)74-45-25-41(34(5)22-44(45)61-54-58-27-42(56)52(63-54)60-43-12-10-11-13-46(43)76(71,72)33(3)4)37-18-20-64(21-19-37)49(69)30-73-29-48(68)62-51(55(7,8)9)53(70)65-28-40(66)23-39(65)24-47(67)57-26-36-14-16-38(17-15-36)50-35(6)59-31-75-50/h10-17,22,25,27,31-33,37,39-40,51,66H,18-21,23-24,26,28-30H2,1-9H3,(H,57,67)(H,62,68)(H2,58,60,61,63)/t39-,40+,51+/m0/s1. The van der Waals surface area contributed by atoms with Gasteiger partial charge in [-0.15, -0.1) is 11.3 Å². The van der Waals surface area contributed by atoms with Crippen molar-refractivity contribution in [3.05, 3.63) is 99.8 Å². The second-order valence-corrected chi connectivity index (χ2v) is 24.8. The molecule has 0 bridgehead atoms. The maximum atomic E-state index is 14.1. The third-order valence-corrected chi connectivity index (χ3v) is 17.0. The monoisotopic (exact) mass is 1100 g/mol. The molecule has 3 atom stereocenters. The molecule has 3 aromatic carbocycles. The lowest BCUT2D eigenvalue weighted by Crippen LogP contribution is -2.56. The molecule has 76 heavy (non-hydrogen) atoms. The Kier molecular flexibility index (Phi) is 18.8. The molecule has 2 aromatic heterocycles. The molecule has 0 saturated carbocycles. The number of thiazole rings is 1. The Morgan fingerprint density at radius 2 is 1.63 bits per heavy atom. The summed E-state index contributed by atoms with van der Waals surface area (Å²) in [6, 6.07) is 16.9. The molecular weight excluding hydrogens is 1030 g/mol. The largest absolute Gasteiger partial charge is 0.489 e. The fourth-order valence-electron chi connectivity index (χ4n) is 9.40. The van der Waals surface area contributed by atoms with Gasteiger partial charge in [-0.05, 0) is 119 Å². The number of piperidine rings is 1. The molecule has 4 amide bonds. The van der Waals surface area contributed by atoms with E-state index < -0.39 is 57.1 Å². The summed E-state index contributed by atoms with van der Waals surface area (Å²) in [5.41, 5.74) is 7.03. The fourth-order valence-corrected chi connectivity index (χ4v) is 11.6. The molecule has 2 fully saturated rings. The fraction of sp³-hybridized carbons (Fsp3) is 0.473. The van der Waals surface area contributed by atoms with Crippen LogP contribution < -0.4 is 26.0 Å². The molecule has 5 aromatic rings. The van der Waals surface area contributed by atoms with E-state index in [0.29, 0.717) is 49.6 Å². The van der Waals surface area contributed by atoms with E-state index in [4.69, 9.17) is 21.1 Å². The Bertz CT molecular complexity index is 2990. The highest BCUT2D eigenvalue weighted by Gasteiger charge is 2.42. The Balaban J connectivity index is 0.899. The van der Waals surface area contributed by atoms with Crippen LogP contribution in [-0.4, -0.2) is 124 Å². The highest BCUT2D eigenvalue weighted by Crippen LogP contribution is 2.39.